The predicted molar refractivity (Wildman–Crippen MR) is 49.3 cm³/mol. The van der Waals surface area contributed by atoms with Gasteiger partial charge in [-0.3, -0.25) is 0 Å². The Morgan fingerprint density at radius 3 is 2.92 bits per heavy atom. The highest BCUT2D eigenvalue weighted by atomic mass is 16.5. The van der Waals surface area contributed by atoms with E-state index in [0.717, 1.165) is 37.6 Å². The number of aromatic amines is 1. The van der Waals surface area contributed by atoms with Crippen molar-refractivity contribution in [1.82, 2.24) is 9.97 Å². The molecule has 1 saturated heterocycles. The summed E-state index contributed by atoms with van der Waals surface area (Å²) in [6.07, 6.45) is 3.96. The SMILES string of the molecule is NCc1cnc(C2CCOCC2)[nH]1. The third kappa shape index (κ3) is 1.89. The summed E-state index contributed by atoms with van der Waals surface area (Å²) in [5.74, 6) is 1.61. The second-order valence-electron chi connectivity index (χ2n) is 3.38. The van der Waals surface area contributed by atoms with E-state index in [1.165, 1.54) is 0 Å². The molecule has 1 aromatic rings. The van der Waals surface area contributed by atoms with Crippen LogP contribution in [0.25, 0.3) is 0 Å². The monoisotopic (exact) mass is 181 g/mol. The van der Waals surface area contributed by atoms with Crippen molar-refractivity contribution in [3.63, 3.8) is 0 Å². The average Bonchev–Trinajstić information content (AvgIpc) is 2.67. The summed E-state index contributed by atoms with van der Waals surface area (Å²) in [5.41, 5.74) is 6.51. The third-order valence-electron chi connectivity index (χ3n) is 2.48. The topological polar surface area (TPSA) is 63.9 Å². The van der Waals surface area contributed by atoms with Crippen LogP contribution >= 0.6 is 0 Å². The molecule has 2 rings (SSSR count). The lowest BCUT2D eigenvalue weighted by molar-refractivity contribution is 0.0837. The van der Waals surface area contributed by atoms with E-state index in [4.69, 9.17) is 10.5 Å². The van der Waals surface area contributed by atoms with Crippen molar-refractivity contribution in [2.24, 2.45) is 5.73 Å². The Morgan fingerprint density at radius 2 is 2.31 bits per heavy atom. The highest BCUT2D eigenvalue weighted by molar-refractivity contribution is 5.05. The number of aromatic nitrogens is 2. The molecule has 1 aliphatic heterocycles. The van der Waals surface area contributed by atoms with Gasteiger partial charge < -0.3 is 15.5 Å². The standard InChI is InChI=1S/C9H15N3O/c10-5-8-6-11-9(12-8)7-1-3-13-4-2-7/h6-7H,1-5,10H2,(H,11,12). The third-order valence-corrected chi connectivity index (χ3v) is 2.48. The maximum atomic E-state index is 5.50. The minimum absolute atomic E-state index is 0.536. The number of hydrogen-bond acceptors (Lipinski definition) is 3. The molecule has 0 atom stereocenters. The van der Waals surface area contributed by atoms with Crippen molar-refractivity contribution in [2.75, 3.05) is 13.2 Å². The first-order valence-electron chi connectivity index (χ1n) is 4.71. The minimum Gasteiger partial charge on any atom is -0.381 e. The van der Waals surface area contributed by atoms with E-state index in [1.807, 2.05) is 6.20 Å². The van der Waals surface area contributed by atoms with Gasteiger partial charge >= 0.3 is 0 Å². The van der Waals surface area contributed by atoms with Crippen LogP contribution in [0.1, 0.15) is 30.3 Å². The summed E-state index contributed by atoms with van der Waals surface area (Å²) in [4.78, 5) is 7.56. The van der Waals surface area contributed by atoms with E-state index in [0.29, 0.717) is 12.5 Å². The largest absolute Gasteiger partial charge is 0.381 e. The highest BCUT2D eigenvalue weighted by Crippen LogP contribution is 2.23. The summed E-state index contributed by atoms with van der Waals surface area (Å²) in [6, 6.07) is 0. The van der Waals surface area contributed by atoms with Crippen LogP contribution in [0.2, 0.25) is 0 Å². The van der Waals surface area contributed by atoms with Crippen molar-refractivity contribution < 1.29 is 4.74 Å². The molecule has 0 spiro atoms. The fraction of sp³-hybridized carbons (Fsp3) is 0.667. The highest BCUT2D eigenvalue weighted by Gasteiger charge is 2.18. The zero-order chi connectivity index (χ0) is 9.10. The Hall–Kier alpha value is -0.870. The molecule has 13 heavy (non-hydrogen) atoms. The summed E-state index contributed by atoms with van der Waals surface area (Å²) in [7, 11) is 0. The van der Waals surface area contributed by atoms with E-state index < -0.39 is 0 Å². The molecule has 0 unspecified atom stereocenters. The van der Waals surface area contributed by atoms with Crippen LogP contribution in [0.15, 0.2) is 6.20 Å². The van der Waals surface area contributed by atoms with Crippen molar-refractivity contribution in [2.45, 2.75) is 25.3 Å². The van der Waals surface area contributed by atoms with Crippen LogP contribution < -0.4 is 5.73 Å². The zero-order valence-electron chi connectivity index (χ0n) is 7.62. The first-order chi connectivity index (χ1) is 6.40. The van der Waals surface area contributed by atoms with Gasteiger partial charge in [0, 0.05) is 37.6 Å². The van der Waals surface area contributed by atoms with Gasteiger partial charge in [0.15, 0.2) is 0 Å². The van der Waals surface area contributed by atoms with Gasteiger partial charge in [0.05, 0.1) is 0 Å². The molecule has 4 nitrogen and oxygen atoms in total. The summed E-state index contributed by atoms with van der Waals surface area (Å²) < 4.78 is 5.29. The van der Waals surface area contributed by atoms with Gasteiger partial charge in [0.1, 0.15) is 5.82 Å². The Bertz CT molecular complexity index is 266. The first kappa shape index (κ1) is 8.72. The van der Waals surface area contributed by atoms with Crippen LogP contribution in [-0.4, -0.2) is 23.2 Å². The maximum Gasteiger partial charge on any atom is 0.109 e. The lowest BCUT2D eigenvalue weighted by atomic mass is 10.00. The molecule has 3 N–H and O–H groups in total. The van der Waals surface area contributed by atoms with E-state index in [-0.39, 0.29) is 0 Å². The average molecular weight is 181 g/mol. The van der Waals surface area contributed by atoms with E-state index >= 15 is 0 Å². The lowest BCUT2D eigenvalue weighted by Crippen LogP contribution is -2.15. The summed E-state index contributed by atoms with van der Waals surface area (Å²) in [5, 5.41) is 0. The summed E-state index contributed by atoms with van der Waals surface area (Å²) in [6.45, 7) is 2.24. The molecule has 1 aromatic heterocycles. The Kier molecular flexibility index (Phi) is 2.61. The quantitative estimate of drug-likeness (QED) is 0.708. The Balaban J connectivity index is 2.05. The molecule has 0 radical (unpaired) electrons. The second-order valence-corrected chi connectivity index (χ2v) is 3.38. The smallest absolute Gasteiger partial charge is 0.109 e. The molecular formula is C9H15N3O. The first-order valence-corrected chi connectivity index (χ1v) is 4.71. The minimum atomic E-state index is 0.536. The van der Waals surface area contributed by atoms with Gasteiger partial charge in [0.25, 0.3) is 0 Å². The Labute approximate surface area is 77.5 Å². The molecule has 1 fully saturated rings. The predicted octanol–water partition coefficient (Wildman–Crippen LogP) is 0.762. The van der Waals surface area contributed by atoms with Crippen molar-refractivity contribution in [3.8, 4) is 0 Å². The molecule has 2 heterocycles. The zero-order valence-corrected chi connectivity index (χ0v) is 7.62. The van der Waals surface area contributed by atoms with Crippen LogP contribution in [-0.2, 0) is 11.3 Å². The summed E-state index contributed by atoms with van der Waals surface area (Å²) >= 11 is 0. The number of nitrogens with one attached hydrogen (secondary N) is 1. The van der Waals surface area contributed by atoms with Crippen LogP contribution in [0.3, 0.4) is 0 Å². The van der Waals surface area contributed by atoms with Crippen LogP contribution in [0.4, 0.5) is 0 Å². The molecule has 1 aliphatic rings. The number of nitrogens with two attached hydrogens (primary N) is 1. The van der Waals surface area contributed by atoms with Gasteiger partial charge in [-0.1, -0.05) is 0 Å². The molecule has 4 heteroatoms. The van der Waals surface area contributed by atoms with Gasteiger partial charge in [-0.2, -0.15) is 0 Å². The maximum absolute atomic E-state index is 5.50. The molecule has 0 aliphatic carbocycles. The van der Waals surface area contributed by atoms with E-state index in [1.54, 1.807) is 0 Å². The molecule has 0 amide bonds. The number of hydrogen-bond donors (Lipinski definition) is 2. The number of H-pyrrole nitrogens is 1. The number of nitrogens with zero attached hydrogens (tertiary/aromatic N) is 1. The van der Waals surface area contributed by atoms with Crippen molar-refractivity contribution in [1.29, 1.82) is 0 Å². The van der Waals surface area contributed by atoms with Gasteiger partial charge in [-0.05, 0) is 12.8 Å². The van der Waals surface area contributed by atoms with Crippen molar-refractivity contribution in [3.05, 3.63) is 17.7 Å². The van der Waals surface area contributed by atoms with Gasteiger partial charge in [-0.15, -0.1) is 0 Å². The Morgan fingerprint density at radius 1 is 1.54 bits per heavy atom. The lowest BCUT2D eigenvalue weighted by Gasteiger charge is -2.19. The number of ether oxygens (including phenoxy) is 1. The molecule has 0 saturated carbocycles. The fourth-order valence-corrected chi connectivity index (χ4v) is 1.66. The second kappa shape index (κ2) is 3.89. The number of imidazole rings is 1. The van der Waals surface area contributed by atoms with Gasteiger partial charge in [-0.25, -0.2) is 4.98 Å². The van der Waals surface area contributed by atoms with E-state index in [2.05, 4.69) is 9.97 Å². The normalized spacial score (nSPS) is 19.2. The van der Waals surface area contributed by atoms with Crippen molar-refractivity contribution >= 4 is 0 Å². The molecule has 72 valence electrons. The van der Waals surface area contributed by atoms with Crippen LogP contribution in [0, 0.1) is 0 Å². The fourth-order valence-electron chi connectivity index (χ4n) is 1.66. The van der Waals surface area contributed by atoms with E-state index in [9.17, 15) is 0 Å². The molecule has 0 bridgehead atoms. The molecular weight excluding hydrogens is 166 g/mol. The van der Waals surface area contributed by atoms with Crippen LogP contribution in [0.5, 0.6) is 0 Å². The van der Waals surface area contributed by atoms with Gasteiger partial charge in [0.2, 0.25) is 0 Å². The number of rotatable bonds is 2. The molecule has 0 aromatic carbocycles.